The highest BCUT2D eigenvalue weighted by atomic mass is 16.9. The van der Waals surface area contributed by atoms with Crippen molar-refractivity contribution in [1.29, 1.82) is 0 Å². The molecule has 60 valence electrons. The first kappa shape index (κ1) is 9.54. The quantitative estimate of drug-likeness (QED) is 0.367. The van der Waals surface area contributed by atoms with Gasteiger partial charge in [0, 0.05) is 0 Å². The second kappa shape index (κ2) is 5.33. The topological polar surface area (TPSA) is 65.0 Å². The summed E-state index contributed by atoms with van der Waals surface area (Å²) in [5.74, 6) is 7.07. The molecule has 5 heteroatoms. The second-order valence-electron chi connectivity index (χ2n) is 1.74. The first-order chi connectivity index (χ1) is 4.72. The van der Waals surface area contributed by atoms with Crippen LogP contribution in [0.15, 0.2) is 12.2 Å². The Hall–Kier alpha value is -0.460. The van der Waals surface area contributed by atoms with E-state index in [0.717, 1.165) is 0 Å². The second-order valence-corrected chi connectivity index (χ2v) is 1.74. The van der Waals surface area contributed by atoms with Crippen molar-refractivity contribution in [3.63, 3.8) is 0 Å². The van der Waals surface area contributed by atoms with Crippen molar-refractivity contribution in [2.45, 2.75) is 6.92 Å². The minimum atomic E-state index is -0.557. The summed E-state index contributed by atoms with van der Waals surface area (Å²) in [6.45, 7) is 2.19. The molecule has 0 saturated carbocycles. The van der Waals surface area contributed by atoms with Gasteiger partial charge in [-0.1, -0.05) is 11.4 Å². The summed E-state index contributed by atoms with van der Waals surface area (Å²) in [4.78, 5) is 4.31. The molecule has 0 aromatic carbocycles. The molecule has 0 heterocycles. The van der Waals surface area contributed by atoms with Gasteiger partial charge in [0.2, 0.25) is 0 Å². The van der Waals surface area contributed by atoms with Crippen molar-refractivity contribution in [1.82, 2.24) is 0 Å². The summed E-state index contributed by atoms with van der Waals surface area (Å²) in [5.41, 5.74) is 0. The van der Waals surface area contributed by atoms with Crippen LogP contribution in [0, 0.1) is 5.21 Å². The van der Waals surface area contributed by atoms with Crippen LogP contribution >= 0.6 is 0 Å². The Morgan fingerprint density at radius 1 is 1.70 bits per heavy atom. The van der Waals surface area contributed by atoms with Crippen molar-refractivity contribution < 1.29 is 15.3 Å². The van der Waals surface area contributed by atoms with Gasteiger partial charge >= 0.3 is 0 Å². The van der Waals surface area contributed by atoms with Gasteiger partial charge in [-0.05, 0) is 13.0 Å². The molecule has 2 unspecified atom stereocenters. The largest absolute Gasteiger partial charge is 0.550 e. The molecule has 0 saturated heterocycles. The fourth-order valence-corrected chi connectivity index (χ4v) is 0.442. The SMILES string of the molecule is C/C=C\C[NH+]([NH-])[NH+]([O-])OC. The minimum absolute atomic E-state index is 0.0133. The van der Waals surface area contributed by atoms with Gasteiger partial charge in [-0.15, -0.1) is 0 Å². The Labute approximate surface area is 60.1 Å². The molecule has 0 rings (SSSR count). The molecule has 0 aliphatic carbocycles. The van der Waals surface area contributed by atoms with E-state index in [1.165, 1.54) is 7.11 Å². The van der Waals surface area contributed by atoms with Crippen LogP contribution in [0.2, 0.25) is 0 Å². The third-order valence-electron chi connectivity index (χ3n) is 0.989. The van der Waals surface area contributed by atoms with Gasteiger partial charge in [-0.25, -0.2) is 5.12 Å². The van der Waals surface area contributed by atoms with E-state index >= 15 is 0 Å². The van der Waals surface area contributed by atoms with Gasteiger partial charge in [-0.2, -0.15) is 4.84 Å². The number of hydrogen-bond acceptors (Lipinski definition) is 2. The lowest BCUT2D eigenvalue weighted by molar-refractivity contribution is -1.54. The number of allylic oxidation sites excluding steroid dienone is 1. The lowest BCUT2D eigenvalue weighted by Gasteiger charge is -2.27. The Morgan fingerprint density at radius 2 is 2.30 bits per heavy atom. The van der Waals surface area contributed by atoms with Crippen molar-refractivity contribution in [3.8, 4) is 0 Å². The summed E-state index contributed by atoms with van der Waals surface area (Å²) in [5, 5.41) is 9.97. The van der Waals surface area contributed by atoms with E-state index in [0.29, 0.717) is 6.54 Å². The lowest BCUT2D eigenvalue weighted by Crippen LogP contribution is -3.54. The fourth-order valence-electron chi connectivity index (χ4n) is 0.442. The van der Waals surface area contributed by atoms with Crippen molar-refractivity contribution in [2.24, 2.45) is 0 Å². The predicted molar refractivity (Wildman–Crippen MR) is 36.3 cm³/mol. The normalized spacial score (nSPS) is 17.6. The molecule has 0 aromatic rings. The highest BCUT2D eigenvalue weighted by Crippen LogP contribution is 1.59. The fraction of sp³-hybridized carbons (Fsp3) is 0.600. The van der Waals surface area contributed by atoms with Crippen LogP contribution in [0.25, 0.3) is 5.84 Å². The average Bonchev–Trinajstić information content (AvgIpc) is 1.98. The standard InChI is InChI=1S/C5H13N3O2/c1-3-4-5-7(6)8(9)10-2/h3-4,6-8H,5H2,1-2H3/b4-3-. The van der Waals surface area contributed by atoms with Crippen LogP contribution in [0.5, 0.6) is 0 Å². The van der Waals surface area contributed by atoms with E-state index in [9.17, 15) is 5.21 Å². The van der Waals surface area contributed by atoms with E-state index in [4.69, 9.17) is 5.84 Å². The molecule has 0 radical (unpaired) electrons. The van der Waals surface area contributed by atoms with Gasteiger partial charge in [0.05, 0.1) is 0 Å². The molecule has 2 atom stereocenters. The zero-order chi connectivity index (χ0) is 7.98. The van der Waals surface area contributed by atoms with Crippen molar-refractivity contribution in [3.05, 3.63) is 23.2 Å². The van der Waals surface area contributed by atoms with E-state index in [2.05, 4.69) is 4.84 Å². The zero-order valence-corrected chi connectivity index (χ0v) is 6.18. The summed E-state index contributed by atoms with van der Waals surface area (Å²) in [6.07, 6.45) is 3.52. The highest BCUT2D eigenvalue weighted by molar-refractivity contribution is 4.74. The van der Waals surface area contributed by atoms with E-state index in [-0.39, 0.29) is 5.12 Å². The molecule has 0 aliphatic heterocycles. The van der Waals surface area contributed by atoms with Gasteiger partial charge < -0.3 is 11.0 Å². The lowest BCUT2D eigenvalue weighted by atomic mass is 10.5. The Bertz CT molecular complexity index is 107. The van der Waals surface area contributed by atoms with Gasteiger partial charge in [-0.3, -0.25) is 0 Å². The third-order valence-corrected chi connectivity index (χ3v) is 0.989. The monoisotopic (exact) mass is 147 g/mol. The molecular weight excluding hydrogens is 134 g/mol. The Morgan fingerprint density at radius 3 is 2.70 bits per heavy atom. The van der Waals surface area contributed by atoms with Crippen LogP contribution in [-0.4, -0.2) is 13.7 Å². The molecule has 10 heavy (non-hydrogen) atoms. The minimum Gasteiger partial charge on any atom is -0.550 e. The molecule has 0 aromatic heterocycles. The summed E-state index contributed by atoms with van der Waals surface area (Å²) >= 11 is 0. The van der Waals surface area contributed by atoms with Crippen LogP contribution in [-0.2, 0) is 4.84 Å². The molecule has 0 aliphatic rings. The smallest absolute Gasteiger partial charge is 0.132 e. The highest BCUT2D eigenvalue weighted by Gasteiger charge is 1.98. The molecule has 5 nitrogen and oxygen atoms in total. The van der Waals surface area contributed by atoms with Crippen LogP contribution in [0.4, 0.5) is 0 Å². The summed E-state index contributed by atoms with van der Waals surface area (Å²) < 4.78 is 0. The van der Waals surface area contributed by atoms with Crippen LogP contribution in [0.3, 0.4) is 0 Å². The van der Waals surface area contributed by atoms with Crippen molar-refractivity contribution >= 4 is 0 Å². The molecule has 0 spiro atoms. The van der Waals surface area contributed by atoms with Crippen molar-refractivity contribution in [2.75, 3.05) is 13.7 Å². The maximum absolute atomic E-state index is 10.5. The third kappa shape index (κ3) is 3.54. The van der Waals surface area contributed by atoms with E-state index < -0.39 is 5.34 Å². The molecule has 0 fully saturated rings. The van der Waals surface area contributed by atoms with E-state index in [1.54, 1.807) is 12.2 Å². The number of hydrogen-bond donors (Lipinski definition) is 2. The average molecular weight is 147 g/mol. The van der Waals surface area contributed by atoms with Crippen LogP contribution in [0.1, 0.15) is 6.92 Å². The maximum Gasteiger partial charge on any atom is 0.132 e. The van der Waals surface area contributed by atoms with Gasteiger partial charge in [0.15, 0.2) is 0 Å². The maximum atomic E-state index is 10.5. The first-order valence-corrected chi connectivity index (χ1v) is 2.99. The molecule has 0 amide bonds. The van der Waals surface area contributed by atoms with Crippen LogP contribution < -0.4 is 10.5 Å². The predicted octanol–water partition coefficient (Wildman–Crippen LogP) is -1.73. The van der Waals surface area contributed by atoms with E-state index in [1.807, 2.05) is 6.92 Å². The summed E-state index contributed by atoms with van der Waals surface area (Å²) in [7, 11) is 1.27. The molecule has 0 bridgehead atoms. The Balaban J connectivity index is 3.50. The van der Waals surface area contributed by atoms with Gasteiger partial charge in [0.25, 0.3) is 0 Å². The Kier molecular flexibility index (Phi) is 5.09. The summed E-state index contributed by atoms with van der Waals surface area (Å²) in [6, 6.07) is 0. The number of rotatable bonds is 4. The molecule has 3 N–H and O–H groups in total. The first-order valence-electron chi connectivity index (χ1n) is 2.99. The number of nitrogens with one attached hydrogen (secondary N) is 3. The zero-order valence-electron chi connectivity index (χ0n) is 6.18. The van der Waals surface area contributed by atoms with Gasteiger partial charge in [0.1, 0.15) is 13.7 Å². The molecular formula is C5H13N3O2. The number of quaternary nitrogens is 2.